The second kappa shape index (κ2) is 4.93. The Morgan fingerprint density at radius 2 is 2.21 bits per heavy atom. The molecule has 0 unspecified atom stereocenters. The normalized spacial score (nSPS) is 8.64. The first-order chi connectivity index (χ1) is 6.74. The van der Waals surface area contributed by atoms with Gasteiger partial charge in [0.2, 0.25) is 0 Å². The van der Waals surface area contributed by atoms with Crippen LogP contribution in [0, 0.1) is 11.8 Å². The van der Waals surface area contributed by atoms with Crippen LogP contribution in [0.5, 0.6) is 0 Å². The fraction of sp³-hybridized carbons (Fsp3) is 0.182. The van der Waals surface area contributed by atoms with Gasteiger partial charge in [-0.05, 0) is 12.1 Å². The molecule has 0 spiro atoms. The maximum Gasteiger partial charge on any atom is 0.317 e. The second-order valence-corrected chi connectivity index (χ2v) is 2.64. The van der Waals surface area contributed by atoms with Crippen molar-refractivity contribution in [3.8, 4) is 11.8 Å². The van der Waals surface area contributed by atoms with Crippen LogP contribution in [-0.2, 0) is 9.53 Å². The van der Waals surface area contributed by atoms with Crippen molar-refractivity contribution in [2.24, 2.45) is 0 Å². The molecular weight excluding hydrogens is 178 g/mol. The number of hydrogen-bond donors (Lipinski definition) is 1. The molecule has 72 valence electrons. The van der Waals surface area contributed by atoms with Gasteiger partial charge in [0.05, 0.1) is 7.11 Å². The molecule has 0 fully saturated rings. The predicted molar refractivity (Wildman–Crippen MR) is 54.4 cm³/mol. The van der Waals surface area contributed by atoms with Gasteiger partial charge in [-0.25, -0.2) is 0 Å². The third-order valence-corrected chi connectivity index (χ3v) is 1.64. The summed E-state index contributed by atoms with van der Waals surface area (Å²) < 4.78 is 4.45. The smallest absolute Gasteiger partial charge is 0.317 e. The minimum Gasteiger partial charge on any atom is -0.468 e. The van der Waals surface area contributed by atoms with Gasteiger partial charge in [-0.3, -0.25) is 4.79 Å². The molecular formula is C11H11NO2. The van der Waals surface area contributed by atoms with E-state index >= 15 is 0 Å². The summed E-state index contributed by atoms with van der Waals surface area (Å²) in [6.07, 6.45) is 0.0881. The number of para-hydroxylation sites is 1. The second-order valence-electron chi connectivity index (χ2n) is 2.64. The standard InChI is InChI=1S/C11H11NO2/c1-14-11(13)8-4-6-9-5-2-3-7-10(9)12/h2-3,5,7H,8,12H2,1H3. The molecule has 3 nitrogen and oxygen atoms in total. The van der Waals surface area contributed by atoms with Crippen molar-refractivity contribution in [1.29, 1.82) is 0 Å². The molecule has 0 atom stereocenters. The molecule has 3 heteroatoms. The zero-order valence-electron chi connectivity index (χ0n) is 7.91. The minimum absolute atomic E-state index is 0.0881. The highest BCUT2D eigenvalue weighted by Crippen LogP contribution is 2.07. The lowest BCUT2D eigenvalue weighted by atomic mass is 10.2. The fourth-order valence-electron chi connectivity index (χ4n) is 0.895. The molecule has 2 N–H and O–H groups in total. The Labute approximate surface area is 82.9 Å². The fourth-order valence-corrected chi connectivity index (χ4v) is 0.895. The van der Waals surface area contributed by atoms with Crippen LogP contribution in [0.4, 0.5) is 5.69 Å². The maximum atomic E-state index is 10.7. The number of anilines is 1. The summed E-state index contributed by atoms with van der Waals surface area (Å²) in [5.74, 6) is 5.15. The van der Waals surface area contributed by atoms with E-state index in [0.29, 0.717) is 5.69 Å². The molecule has 1 rings (SSSR count). The van der Waals surface area contributed by atoms with Gasteiger partial charge in [0.25, 0.3) is 0 Å². The molecule has 0 amide bonds. The third-order valence-electron chi connectivity index (χ3n) is 1.64. The zero-order chi connectivity index (χ0) is 10.4. The summed E-state index contributed by atoms with van der Waals surface area (Å²) >= 11 is 0. The Balaban J connectivity index is 2.68. The maximum absolute atomic E-state index is 10.7. The van der Waals surface area contributed by atoms with Crippen molar-refractivity contribution >= 4 is 11.7 Å². The molecule has 0 saturated heterocycles. The first-order valence-electron chi connectivity index (χ1n) is 4.14. The molecule has 0 heterocycles. The van der Waals surface area contributed by atoms with E-state index in [4.69, 9.17) is 5.73 Å². The first-order valence-corrected chi connectivity index (χ1v) is 4.14. The van der Waals surface area contributed by atoms with Crippen LogP contribution >= 0.6 is 0 Å². The summed E-state index contributed by atoms with van der Waals surface area (Å²) in [5.41, 5.74) is 7.00. The van der Waals surface area contributed by atoms with Crippen LogP contribution in [-0.4, -0.2) is 13.1 Å². The van der Waals surface area contributed by atoms with Crippen molar-refractivity contribution in [3.63, 3.8) is 0 Å². The summed E-state index contributed by atoms with van der Waals surface area (Å²) in [6.45, 7) is 0. The Morgan fingerprint density at radius 3 is 2.86 bits per heavy atom. The first kappa shape index (κ1) is 10.1. The van der Waals surface area contributed by atoms with Crippen molar-refractivity contribution in [2.75, 3.05) is 12.8 Å². The molecule has 14 heavy (non-hydrogen) atoms. The summed E-state index contributed by atoms with van der Waals surface area (Å²) in [6, 6.07) is 7.25. The van der Waals surface area contributed by atoms with Crippen molar-refractivity contribution in [2.45, 2.75) is 6.42 Å². The summed E-state index contributed by atoms with van der Waals surface area (Å²) in [4.78, 5) is 10.7. The zero-order valence-corrected chi connectivity index (χ0v) is 7.91. The molecule has 0 radical (unpaired) electrons. The van der Waals surface area contributed by atoms with Crippen LogP contribution in [0.3, 0.4) is 0 Å². The van der Waals surface area contributed by atoms with Crippen LogP contribution in [0.25, 0.3) is 0 Å². The highest BCUT2D eigenvalue weighted by Gasteiger charge is 1.94. The van der Waals surface area contributed by atoms with Gasteiger partial charge in [0.15, 0.2) is 0 Å². The highest BCUT2D eigenvalue weighted by atomic mass is 16.5. The molecule has 0 aliphatic rings. The van der Waals surface area contributed by atoms with Gasteiger partial charge in [0, 0.05) is 11.3 Å². The summed E-state index contributed by atoms with van der Waals surface area (Å²) in [7, 11) is 1.33. The average Bonchev–Trinajstić information content (AvgIpc) is 2.20. The van der Waals surface area contributed by atoms with Crippen LogP contribution < -0.4 is 5.73 Å². The van der Waals surface area contributed by atoms with Gasteiger partial charge in [-0.1, -0.05) is 24.0 Å². The van der Waals surface area contributed by atoms with Crippen LogP contribution in [0.15, 0.2) is 24.3 Å². The lowest BCUT2D eigenvalue weighted by molar-refractivity contribution is -0.139. The predicted octanol–water partition coefficient (Wildman–Crippen LogP) is 1.18. The van der Waals surface area contributed by atoms with Gasteiger partial charge >= 0.3 is 5.97 Å². The number of esters is 1. The number of rotatable bonds is 1. The van der Waals surface area contributed by atoms with E-state index in [0.717, 1.165) is 5.56 Å². The van der Waals surface area contributed by atoms with Crippen molar-refractivity contribution in [1.82, 2.24) is 0 Å². The molecule has 0 aliphatic heterocycles. The average molecular weight is 189 g/mol. The number of ether oxygens (including phenoxy) is 1. The topological polar surface area (TPSA) is 52.3 Å². The van der Waals surface area contributed by atoms with E-state index < -0.39 is 0 Å². The molecule has 1 aromatic carbocycles. The van der Waals surface area contributed by atoms with Crippen molar-refractivity contribution < 1.29 is 9.53 Å². The van der Waals surface area contributed by atoms with E-state index in [1.54, 1.807) is 12.1 Å². The van der Waals surface area contributed by atoms with Gasteiger partial charge in [-0.2, -0.15) is 0 Å². The Bertz CT molecular complexity index is 388. The Kier molecular flexibility index (Phi) is 3.57. The molecule has 0 saturated carbocycles. The monoisotopic (exact) mass is 189 g/mol. The number of methoxy groups -OCH3 is 1. The number of benzene rings is 1. The Morgan fingerprint density at radius 1 is 1.50 bits per heavy atom. The van der Waals surface area contributed by atoms with E-state index in [-0.39, 0.29) is 12.4 Å². The minimum atomic E-state index is -0.341. The van der Waals surface area contributed by atoms with E-state index in [2.05, 4.69) is 16.6 Å². The highest BCUT2D eigenvalue weighted by molar-refractivity contribution is 5.72. The number of carbonyl (C=O) groups excluding carboxylic acids is 1. The number of nitrogens with two attached hydrogens (primary N) is 1. The number of nitrogen functional groups attached to an aromatic ring is 1. The molecule has 0 aromatic heterocycles. The molecule has 0 bridgehead atoms. The Hall–Kier alpha value is -1.95. The number of carbonyl (C=O) groups is 1. The lowest BCUT2D eigenvalue weighted by Gasteiger charge is -1.95. The largest absolute Gasteiger partial charge is 0.468 e. The van der Waals surface area contributed by atoms with Crippen molar-refractivity contribution in [3.05, 3.63) is 29.8 Å². The quantitative estimate of drug-likeness (QED) is 0.410. The van der Waals surface area contributed by atoms with Gasteiger partial charge in [0.1, 0.15) is 6.42 Å². The molecule has 0 aliphatic carbocycles. The van der Waals surface area contributed by atoms with Crippen LogP contribution in [0.1, 0.15) is 12.0 Å². The molecule has 1 aromatic rings. The van der Waals surface area contributed by atoms with Gasteiger partial charge < -0.3 is 10.5 Å². The number of hydrogen-bond acceptors (Lipinski definition) is 3. The SMILES string of the molecule is COC(=O)CC#Cc1ccccc1N. The summed E-state index contributed by atoms with van der Waals surface area (Å²) in [5, 5.41) is 0. The van der Waals surface area contributed by atoms with E-state index in [9.17, 15) is 4.79 Å². The van der Waals surface area contributed by atoms with Crippen LogP contribution in [0.2, 0.25) is 0 Å². The van der Waals surface area contributed by atoms with E-state index in [1.807, 2.05) is 12.1 Å². The third kappa shape index (κ3) is 2.83. The lowest BCUT2D eigenvalue weighted by Crippen LogP contribution is -1.97. The van der Waals surface area contributed by atoms with E-state index in [1.165, 1.54) is 7.11 Å². The van der Waals surface area contributed by atoms with Gasteiger partial charge in [-0.15, -0.1) is 0 Å².